The van der Waals surface area contributed by atoms with Crippen molar-refractivity contribution < 1.29 is 33.7 Å². The van der Waals surface area contributed by atoms with E-state index in [0.29, 0.717) is 26.1 Å². The van der Waals surface area contributed by atoms with Crippen LogP contribution in [0.25, 0.3) is 0 Å². The SMILES string of the molecule is CCCCCCCC(=O)OCCCCCCCC(CCC(=O)O)OC(=O)OCCCN(CC)CC. The molecule has 0 saturated heterocycles. The van der Waals surface area contributed by atoms with Crippen molar-refractivity contribution in [3.63, 3.8) is 0 Å². The fraction of sp³-hybridized carbons (Fsp3) is 0.889. The highest BCUT2D eigenvalue weighted by Crippen LogP contribution is 2.15. The maximum atomic E-state index is 12.0. The number of unbranched alkanes of at least 4 members (excludes halogenated alkanes) is 8. The van der Waals surface area contributed by atoms with Crippen molar-refractivity contribution in [3.8, 4) is 0 Å². The molecule has 8 nitrogen and oxygen atoms in total. The molecule has 0 aliphatic heterocycles. The van der Waals surface area contributed by atoms with Gasteiger partial charge in [-0.25, -0.2) is 4.79 Å². The van der Waals surface area contributed by atoms with Crippen LogP contribution in [-0.4, -0.2) is 67.1 Å². The van der Waals surface area contributed by atoms with Crippen molar-refractivity contribution in [3.05, 3.63) is 0 Å². The third-order valence-corrected chi connectivity index (χ3v) is 6.09. The average molecular weight is 502 g/mol. The molecular formula is C27H51NO7. The minimum atomic E-state index is -0.901. The number of carbonyl (C=O) groups is 3. The lowest BCUT2D eigenvalue weighted by Crippen LogP contribution is -2.26. The Morgan fingerprint density at radius 3 is 2.03 bits per heavy atom. The van der Waals surface area contributed by atoms with Crippen LogP contribution >= 0.6 is 0 Å². The van der Waals surface area contributed by atoms with E-state index in [-0.39, 0.29) is 18.8 Å². The van der Waals surface area contributed by atoms with Gasteiger partial charge in [0.05, 0.1) is 13.2 Å². The number of ether oxygens (including phenoxy) is 3. The summed E-state index contributed by atoms with van der Waals surface area (Å²) in [6.07, 6.45) is 11.2. The van der Waals surface area contributed by atoms with E-state index in [9.17, 15) is 14.4 Å². The van der Waals surface area contributed by atoms with Crippen LogP contribution in [0.15, 0.2) is 0 Å². The van der Waals surface area contributed by atoms with E-state index in [0.717, 1.165) is 71.0 Å². The largest absolute Gasteiger partial charge is 0.508 e. The first-order valence-electron chi connectivity index (χ1n) is 13.9. The lowest BCUT2D eigenvalue weighted by molar-refractivity contribution is -0.144. The van der Waals surface area contributed by atoms with Gasteiger partial charge in [-0.05, 0) is 51.6 Å². The van der Waals surface area contributed by atoms with Gasteiger partial charge in [-0.3, -0.25) is 9.59 Å². The molecule has 1 unspecified atom stereocenters. The number of esters is 1. The number of carboxylic acid groups (broad SMARTS) is 1. The molecule has 0 heterocycles. The summed E-state index contributed by atoms with van der Waals surface area (Å²) < 4.78 is 15.9. The van der Waals surface area contributed by atoms with Crippen LogP contribution < -0.4 is 0 Å². The quantitative estimate of drug-likeness (QED) is 0.121. The van der Waals surface area contributed by atoms with Gasteiger partial charge in [-0.1, -0.05) is 65.7 Å². The normalized spacial score (nSPS) is 11.9. The third kappa shape index (κ3) is 22.4. The molecule has 1 N–H and O–H groups in total. The summed E-state index contributed by atoms with van der Waals surface area (Å²) in [4.78, 5) is 36.9. The van der Waals surface area contributed by atoms with Crippen LogP contribution in [-0.2, 0) is 23.8 Å². The molecular weight excluding hydrogens is 450 g/mol. The molecule has 0 rings (SSSR count). The van der Waals surface area contributed by atoms with E-state index in [1.54, 1.807) is 0 Å². The van der Waals surface area contributed by atoms with Gasteiger partial charge in [0.2, 0.25) is 0 Å². The topological polar surface area (TPSA) is 102 Å². The molecule has 0 bridgehead atoms. The molecule has 0 aliphatic rings. The first kappa shape index (κ1) is 33.2. The Kier molecular flexibility index (Phi) is 22.6. The monoisotopic (exact) mass is 501 g/mol. The third-order valence-electron chi connectivity index (χ3n) is 6.09. The van der Waals surface area contributed by atoms with Crippen molar-refractivity contribution in [2.75, 3.05) is 32.8 Å². The minimum absolute atomic E-state index is 0.0378. The summed E-state index contributed by atoms with van der Waals surface area (Å²) in [6.45, 7) is 9.91. The Labute approximate surface area is 213 Å². The van der Waals surface area contributed by atoms with Crippen LogP contribution in [0.3, 0.4) is 0 Å². The van der Waals surface area contributed by atoms with Crippen molar-refractivity contribution in [2.45, 2.75) is 123 Å². The van der Waals surface area contributed by atoms with Crippen molar-refractivity contribution in [1.29, 1.82) is 0 Å². The van der Waals surface area contributed by atoms with Crippen molar-refractivity contribution in [2.24, 2.45) is 0 Å². The van der Waals surface area contributed by atoms with Crippen LogP contribution in [0.4, 0.5) is 4.79 Å². The second kappa shape index (κ2) is 23.9. The number of rotatable bonds is 24. The van der Waals surface area contributed by atoms with Gasteiger partial charge in [-0.15, -0.1) is 0 Å². The summed E-state index contributed by atoms with van der Waals surface area (Å²) in [5, 5.41) is 8.97. The summed E-state index contributed by atoms with van der Waals surface area (Å²) in [7, 11) is 0. The first-order chi connectivity index (χ1) is 16.9. The number of aliphatic carboxylic acids is 1. The fourth-order valence-electron chi connectivity index (χ4n) is 3.84. The number of hydrogen-bond acceptors (Lipinski definition) is 7. The Morgan fingerprint density at radius 1 is 0.714 bits per heavy atom. The highest BCUT2D eigenvalue weighted by Gasteiger charge is 2.17. The zero-order valence-corrected chi connectivity index (χ0v) is 22.6. The summed E-state index contributed by atoms with van der Waals surface area (Å²) in [5.41, 5.74) is 0. The van der Waals surface area contributed by atoms with Gasteiger partial charge >= 0.3 is 18.1 Å². The maximum Gasteiger partial charge on any atom is 0.508 e. The van der Waals surface area contributed by atoms with Crippen LogP contribution in [0, 0.1) is 0 Å². The summed E-state index contributed by atoms with van der Waals surface area (Å²) in [6, 6.07) is 0. The maximum absolute atomic E-state index is 12.0. The summed E-state index contributed by atoms with van der Waals surface area (Å²) >= 11 is 0. The molecule has 0 radical (unpaired) electrons. The Hall–Kier alpha value is -1.83. The molecule has 0 amide bonds. The fourth-order valence-corrected chi connectivity index (χ4v) is 3.84. The highest BCUT2D eigenvalue weighted by atomic mass is 16.7. The number of hydrogen-bond donors (Lipinski definition) is 1. The number of carbonyl (C=O) groups excluding carboxylic acids is 2. The van der Waals surface area contributed by atoms with Gasteiger partial charge in [0, 0.05) is 19.4 Å². The van der Waals surface area contributed by atoms with E-state index in [1.807, 2.05) is 0 Å². The van der Waals surface area contributed by atoms with Gasteiger partial charge < -0.3 is 24.2 Å². The van der Waals surface area contributed by atoms with Gasteiger partial charge in [0.15, 0.2) is 0 Å². The molecule has 206 valence electrons. The lowest BCUT2D eigenvalue weighted by Gasteiger charge is -2.19. The molecule has 0 aromatic heterocycles. The first-order valence-corrected chi connectivity index (χ1v) is 13.9. The van der Waals surface area contributed by atoms with E-state index in [2.05, 4.69) is 25.7 Å². The molecule has 0 aromatic rings. The standard InChI is InChI=1S/C27H51NO7/c1-4-7-8-10-14-18-26(31)33-22-15-12-9-11-13-17-24(19-20-25(29)30)35-27(32)34-23-16-21-28(5-2)6-3/h24H,4-23H2,1-3H3,(H,29,30). The number of nitrogens with zero attached hydrogens (tertiary/aromatic N) is 1. The van der Waals surface area contributed by atoms with Crippen molar-refractivity contribution >= 4 is 18.1 Å². The molecule has 0 aliphatic carbocycles. The zero-order valence-electron chi connectivity index (χ0n) is 22.6. The van der Waals surface area contributed by atoms with Crippen molar-refractivity contribution in [1.82, 2.24) is 4.90 Å². The number of carboxylic acids is 1. The average Bonchev–Trinajstić information content (AvgIpc) is 2.83. The van der Waals surface area contributed by atoms with Gasteiger partial charge in [-0.2, -0.15) is 0 Å². The second-order valence-electron chi connectivity index (χ2n) is 9.09. The molecule has 0 spiro atoms. The predicted molar refractivity (Wildman–Crippen MR) is 138 cm³/mol. The molecule has 0 aromatic carbocycles. The molecule has 0 fully saturated rings. The smallest absolute Gasteiger partial charge is 0.481 e. The Morgan fingerprint density at radius 2 is 1.34 bits per heavy atom. The molecule has 8 heteroatoms. The van der Waals surface area contributed by atoms with E-state index in [1.165, 1.54) is 19.3 Å². The van der Waals surface area contributed by atoms with Crippen LogP contribution in [0.1, 0.15) is 117 Å². The second-order valence-corrected chi connectivity index (χ2v) is 9.09. The van der Waals surface area contributed by atoms with E-state index < -0.39 is 18.2 Å². The van der Waals surface area contributed by atoms with Crippen LogP contribution in [0.2, 0.25) is 0 Å². The highest BCUT2D eigenvalue weighted by molar-refractivity contribution is 5.69. The van der Waals surface area contributed by atoms with E-state index in [4.69, 9.17) is 19.3 Å². The predicted octanol–water partition coefficient (Wildman–Crippen LogP) is 6.35. The Bertz CT molecular complexity index is 538. The van der Waals surface area contributed by atoms with E-state index >= 15 is 0 Å². The van der Waals surface area contributed by atoms with Crippen LogP contribution in [0.5, 0.6) is 0 Å². The molecule has 0 saturated carbocycles. The lowest BCUT2D eigenvalue weighted by atomic mass is 10.0. The molecule has 1 atom stereocenters. The summed E-state index contributed by atoms with van der Waals surface area (Å²) in [5.74, 6) is -0.999. The van der Waals surface area contributed by atoms with Gasteiger partial charge in [0.25, 0.3) is 0 Å². The Balaban J connectivity index is 3.93. The minimum Gasteiger partial charge on any atom is -0.481 e. The zero-order chi connectivity index (χ0) is 26.2. The molecule has 35 heavy (non-hydrogen) atoms. The van der Waals surface area contributed by atoms with Gasteiger partial charge in [0.1, 0.15) is 6.10 Å².